The van der Waals surface area contributed by atoms with Crippen LogP contribution in [0.4, 0.5) is 13.2 Å². The van der Waals surface area contributed by atoms with Gasteiger partial charge in [-0.3, -0.25) is 0 Å². The van der Waals surface area contributed by atoms with E-state index in [2.05, 4.69) is 0 Å². The second-order valence-corrected chi connectivity index (χ2v) is 4.20. The number of hydrogen-bond donors (Lipinski definition) is 1. The first-order valence-corrected chi connectivity index (χ1v) is 5.40. The number of hydrogen-bond acceptors (Lipinski definition) is 2. The Hall–Kier alpha value is -1.07. The number of rotatable bonds is 3. The van der Waals surface area contributed by atoms with Crippen LogP contribution in [-0.2, 0) is 16.5 Å². The minimum absolute atomic E-state index is 0.416. The zero-order valence-electron chi connectivity index (χ0n) is 9.13. The molecule has 0 saturated heterocycles. The topological polar surface area (TPSA) is 29.5 Å². The fourth-order valence-electron chi connectivity index (χ4n) is 2.10. The lowest BCUT2D eigenvalue weighted by atomic mass is 9.74. The zero-order valence-corrected chi connectivity index (χ0v) is 9.13. The van der Waals surface area contributed by atoms with Gasteiger partial charge in [0.25, 0.3) is 0 Å². The van der Waals surface area contributed by atoms with Crippen LogP contribution >= 0.6 is 0 Å². The first-order valence-electron chi connectivity index (χ1n) is 5.40. The molecule has 1 N–H and O–H groups in total. The van der Waals surface area contributed by atoms with Crippen molar-refractivity contribution < 1.29 is 23.0 Å². The van der Waals surface area contributed by atoms with Gasteiger partial charge >= 0.3 is 6.18 Å². The van der Waals surface area contributed by atoms with E-state index in [1.54, 1.807) is 0 Å². The Kier molecular flexibility index (Phi) is 3.14. The van der Waals surface area contributed by atoms with Gasteiger partial charge in [0, 0.05) is 0 Å². The van der Waals surface area contributed by atoms with Gasteiger partial charge in [-0.05, 0) is 37.0 Å². The van der Waals surface area contributed by atoms with Crippen LogP contribution in [0.15, 0.2) is 24.3 Å². The van der Waals surface area contributed by atoms with E-state index in [1.165, 1.54) is 12.1 Å². The number of ether oxygens (including phenoxy) is 1. The maximum absolute atomic E-state index is 12.4. The predicted octanol–water partition coefficient (Wildman–Crippen LogP) is 3.05. The second kappa shape index (κ2) is 4.31. The van der Waals surface area contributed by atoms with Gasteiger partial charge < -0.3 is 9.84 Å². The van der Waals surface area contributed by atoms with Gasteiger partial charge in [0.1, 0.15) is 6.79 Å². The van der Waals surface area contributed by atoms with Crippen LogP contribution < -0.4 is 0 Å². The lowest BCUT2D eigenvalue weighted by molar-refractivity contribution is -0.161. The highest BCUT2D eigenvalue weighted by Crippen LogP contribution is 2.45. The van der Waals surface area contributed by atoms with Crippen molar-refractivity contribution in [1.82, 2.24) is 0 Å². The summed E-state index contributed by atoms with van der Waals surface area (Å²) in [6.45, 7) is -0.416. The Morgan fingerprint density at radius 3 is 2.12 bits per heavy atom. The Labute approximate surface area is 97.0 Å². The first kappa shape index (κ1) is 12.4. The Morgan fingerprint density at radius 2 is 1.76 bits per heavy atom. The monoisotopic (exact) mass is 246 g/mol. The summed E-state index contributed by atoms with van der Waals surface area (Å²) in [6.07, 6.45) is -1.89. The minimum atomic E-state index is -4.32. The van der Waals surface area contributed by atoms with E-state index >= 15 is 0 Å². The van der Waals surface area contributed by atoms with Gasteiger partial charge in [0.2, 0.25) is 0 Å². The van der Waals surface area contributed by atoms with Crippen LogP contribution in [0.1, 0.15) is 30.4 Å². The largest absolute Gasteiger partial charge is 0.416 e. The number of aliphatic hydroxyl groups excluding tert-OH is 1. The zero-order chi connectivity index (χ0) is 12.5. The van der Waals surface area contributed by atoms with E-state index in [9.17, 15) is 13.2 Å². The van der Waals surface area contributed by atoms with Crippen LogP contribution in [0.5, 0.6) is 0 Å². The van der Waals surface area contributed by atoms with Crippen molar-refractivity contribution in [3.63, 3.8) is 0 Å². The van der Waals surface area contributed by atoms with E-state index < -0.39 is 24.1 Å². The molecule has 17 heavy (non-hydrogen) atoms. The minimum Gasteiger partial charge on any atom is -0.371 e. The molecule has 1 saturated carbocycles. The van der Waals surface area contributed by atoms with Gasteiger partial charge in [0.05, 0.1) is 11.2 Å². The van der Waals surface area contributed by atoms with Gasteiger partial charge in [-0.25, -0.2) is 0 Å². The molecule has 2 nitrogen and oxygen atoms in total. The number of aliphatic hydroxyl groups is 1. The van der Waals surface area contributed by atoms with Crippen molar-refractivity contribution >= 4 is 0 Å². The van der Waals surface area contributed by atoms with Gasteiger partial charge in [-0.2, -0.15) is 13.2 Å². The van der Waals surface area contributed by atoms with Crippen molar-refractivity contribution in [2.45, 2.75) is 31.0 Å². The van der Waals surface area contributed by atoms with Crippen molar-refractivity contribution in [3.05, 3.63) is 35.4 Å². The van der Waals surface area contributed by atoms with E-state index in [1.807, 2.05) is 0 Å². The molecular weight excluding hydrogens is 233 g/mol. The molecule has 0 atom stereocenters. The summed E-state index contributed by atoms with van der Waals surface area (Å²) in [6, 6.07) is 4.96. The Morgan fingerprint density at radius 1 is 1.18 bits per heavy atom. The normalized spacial score (nSPS) is 18.8. The highest BCUT2D eigenvalue weighted by Gasteiger charge is 2.40. The number of halogens is 3. The third-order valence-electron chi connectivity index (χ3n) is 3.24. The molecule has 1 aliphatic rings. The highest BCUT2D eigenvalue weighted by atomic mass is 19.4. The molecule has 5 heteroatoms. The van der Waals surface area contributed by atoms with Gasteiger partial charge in [-0.1, -0.05) is 12.1 Å². The first-order chi connectivity index (χ1) is 7.98. The molecule has 0 heterocycles. The lowest BCUT2D eigenvalue weighted by Gasteiger charge is -2.41. The van der Waals surface area contributed by atoms with Crippen LogP contribution in [0, 0.1) is 0 Å². The van der Waals surface area contributed by atoms with Gasteiger partial charge in [-0.15, -0.1) is 0 Å². The molecule has 1 aliphatic carbocycles. The fraction of sp³-hybridized carbons (Fsp3) is 0.500. The molecule has 0 unspecified atom stereocenters. The molecule has 1 aromatic carbocycles. The summed E-state index contributed by atoms with van der Waals surface area (Å²) >= 11 is 0. The maximum atomic E-state index is 12.4. The van der Waals surface area contributed by atoms with Gasteiger partial charge in [0.15, 0.2) is 0 Å². The second-order valence-electron chi connectivity index (χ2n) is 4.20. The van der Waals surface area contributed by atoms with Crippen LogP contribution in [0.25, 0.3) is 0 Å². The molecule has 0 aromatic heterocycles. The lowest BCUT2D eigenvalue weighted by Crippen LogP contribution is -2.37. The standard InChI is InChI=1S/C12H13F3O2/c13-12(14,15)10-4-2-9(3-5-10)11(17-8-16)6-1-7-11/h2-5,16H,1,6-8H2. The third kappa shape index (κ3) is 2.30. The Bertz CT molecular complexity index is 380. The summed E-state index contributed by atoms with van der Waals surface area (Å²) in [5.41, 5.74) is -0.552. The molecule has 0 bridgehead atoms. The molecule has 0 amide bonds. The SMILES string of the molecule is OCOC1(c2ccc(C(F)(F)F)cc2)CCC1. The molecule has 0 spiro atoms. The average molecular weight is 246 g/mol. The highest BCUT2D eigenvalue weighted by molar-refractivity contribution is 5.30. The molecule has 0 aliphatic heterocycles. The van der Waals surface area contributed by atoms with E-state index in [0.29, 0.717) is 5.56 Å². The summed E-state index contributed by atoms with van der Waals surface area (Å²) in [5, 5.41) is 8.81. The summed E-state index contributed by atoms with van der Waals surface area (Å²) < 4.78 is 42.4. The van der Waals surface area contributed by atoms with E-state index in [4.69, 9.17) is 9.84 Å². The van der Waals surface area contributed by atoms with Crippen molar-refractivity contribution in [2.75, 3.05) is 6.79 Å². The predicted molar refractivity (Wildman–Crippen MR) is 55.1 cm³/mol. The quantitative estimate of drug-likeness (QED) is 0.830. The molecule has 1 fully saturated rings. The van der Waals surface area contributed by atoms with Crippen LogP contribution in [0.3, 0.4) is 0 Å². The summed E-state index contributed by atoms with van der Waals surface area (Å²) in [7, 11) is 0. The van der Waals surface area contributed by atoms with Crippen LogP contribution in [-0.4, -0.2) is 11.9 Å². The molecular formula is C12H13F3O2. The van der Waals surface area contributed by atoms with Crippen molar-refractivity contribution in [3.8, 4) is 0 Å². The maximum Gasteiger partial charge on any atom is 0.416 e. The van der Waals surface area contributed by atoms with Crippen LogP contribution in [0.2, 0.25) is 0 Å². The van der Waals surface area contributed by atoms with Crippen molar-refractivity contribution in [1.29, 1.82) is 0 Å². The van der Waals surface area contributed by atoms with E-state index in [0.717, 1.165) is 31.4 Å². The average Bonchev–Trinajstić information content (AvgIpc) is 2.22. The van der Waals surface area contributed by atoms with E-state index in [-0.39, 0.29) is 0 Å². The van der Waals surface area contributed by atoms with Crippen molar-refractivity contribution in [2.24, 2.45) is 0 Å². The summed E-state index contributed by atoms with van der Waals surface area (Å²) in [5.74, 6) is 0. The Balaban J connectivity index is 2.23. The number of alkyl halides is 3. The molecule has 0 radical (unpaired) electrons. The summed E-state index contributed by atoms with van der Waals surface area (Å²) in [4.78, 5) is 0. The number of benzene rings is 1. The smallest absolute Gasteiger partial charge is 0.371 e. The molecule has 2 rings (SSSR count). The fourth-order valence-corrected chi connectivity index (χ4v) is 2.10. The molecule has 94 valence electrons. The molecule has 1 aromatic rings. The third-order valence-corrected chi connectivity index (χ3v) is 3.24.